The van der Waals surface area contributed by atoms with Crippen LogP contribution in [0.2, 0.25) is 0 Å². The Kier molecular flexibility index (Phi) is 4.85. The third-order valence-corrected chi connectivity index (χ3v) is 4.32. The molecule has 0 radical (unpaired) electrons. The van der Waals surface area contributed by atoms with E-state index < -0.39 is 5.60 Å². The van der Waals surface area contributed by atoms with Crippen LogP contribution in [0.3, 0.4) is 0 Å². The van der Waals surface area contributed by atoms with Crippen LogP contribution in [0.4, 0.5) is 5.82 Å². The van der Waals surface area contributed by atoms with E-state index in [1.54, 1.807) is 30.7 Å². The van der Waals surface area contributed by atoms with Crippen LogP contribution in [0.1, 0.15) is 39.4 Å². The van der Waals surface area contributed by atoms with Gasteiger partial charge in [0.05, 0.1) is 11.4 Å². The monoisotopic (exact) mass is 364 g/mol. The molecule has 1 aromatic carbocycles. The van der Waals surface area contributed by atoms with Gasteiger partial charge in [-0.2, -0.15) is 0 Å². The van der Waals surface area contributed by atoms with E-state index in [0.29, 0.717) is 17.1 Å². The molecule has 0 atom stereocenters. The van der Waals surface area contributed by atoms with Crippen molar-refractivity contribution < 1.29 is 5.11 Å². The quantitative estimate of drug-likeness (QED) is 0.740. The summed E-state index contributed by atoms with van der Waals surface area (Å²) in [5.41, 5.74) is 7.86. The van der Waals surface area contributed by atoms with Gasteiger partial charge in [-0.15, -0.1) is 0 Å². The highest BCUT2D eigenvalue weighted by Gasteiger charge is 2.25. The van der Waals surface area contributed by atoms with Gasteiger partial charge >= 0.3 is 0 Å². The molecule has 0 unspecified atom stereocenters. The minimum absolute atomic E-state index is 0.00752. The Labute approximate surface area is 158 Å². The van der Waals surface area contributed by atoms with Gasteiger partial charge in [0.2, 0.25) is 0 Å². The van der Waals surface area contributed by atoms with Crippen molar-refractivity contribution in [3.8, 4) is 22.5 Å². The van der Waals surface area contributed by atoms with Gasteiger partial charge in [0.1, 0.15) is 17.1 Å². The van der Waals surface area contributed by atoms with Gasteiger partial charge in [-0.3, -0.25) is 4.79 Å². The fourth-order valence-electron chi connectivity index (χ4n) is 2.94. The summed E-state index contributed by atoms with van der Waals surface area (Å²) in [6.07, 6.45) is 1.77. The van der Waals surface area contributed by atoms with Gasteiger partial charge in [-0.25, -0.2) is 9.97 Å². The molecule has 0 saturated carbocycles. The average Bonchev–Trinajstić information content (AvgIpc) is 2.61. The Morgan fingerprint density at radius 2 is 1.63 bits per heavy atom. The summed E-state index contributed by atoms with van der Waals surface area (Å²) in [6, 6.07) is 12.8. The van der Waals surface area contributed by atoms with Crippen molar-refractivity contribution in [2.45, 2.75) is 39.3 Å². The lowest BCUT2D eigenvalue weighted by molar-refractivity contribution is 0.0745. The van der Waals surface area contributed by atoms with E-state index in [4.69, 9.17) is 5.73 Å². The number of anilines is 1. The molecule has 140 valence electrons. The Hall–Kier alpha value is -2.99. The summed E-state index contributed by atoms with van der Waals surface area (Å²) < 4.78 is 1.64. The summed E-state index contributed by atoms with van der Waals surface area (Å²) in [5.74, 6) is 0.183. The highest BCUT2D eigenvalue weighted by Crippen LogP contribution is 2.33. The second kappa shape index (κ2) is 6.96. The number of nitrogens with zero attached hydrogens (tertiary/aromatic N) is 3. The van der Waals surface area contributed by atoms with Crippen molar-refractivity contribution in [3.63, 3.8) is 0 Å². The third-order valence-electron chi connectivity index (χ3n) is 4.32. The van der Waals surface area contributed by atoms with Crippen LogP contribution in [0, 0.1) is 0 Å². The molecule has 6 heteroatoms. The van der Waals surface area contributed by atoms with Crippen molar-refractivity contribution in [2.24, 2.45) is 0 Å². The summed E-state index contributed by atoms with van der Waals surface area (Å²) in [4.78, 5) is 21.4. The molecule has 0 aliphatic heterocycles. The van der Waals surface area contributed by atoms with Crippen LogP contribution < -0.4 is 11.3 Å². The molecule has 0 saturated heterocycles. The van der Waals surface area contributed by atoms with Crippen LogP contribution in [-0.2, 0) is 5.60 Å². The number of rotatable bonds is 4. The van der Waals surface area contributed by atoms with Crippen molar-refractivity contribution in [3.05, 3.63) is 64.7 Å². The van der Waals surface area contributed by atoms with Gasteiger partial charge in [0.25, 0.3) is 5.56 Å². The standard InChI is InChI=1S/C21H24N4O2/c1-13(2)25-12-15(10-11-16(25)26)18-17(14-8-6-5-7-9-14)24-20(22)19(23-18)21(3,4)27/h5-13,27H,1-4H3,(H2,22,24). The van der Waals surface area contributed by atoms with E-state index in [1.807, 2.05) is 44.2 Å². The van der Waals surface area contributed by atoms with Crippen molar-refractivity contribution in [1.29, 1.82) is 0 Å². The molecule has 6 nitrogen and oxygen atoms in total. The SMILES string of the molecule is CC(C)n1cc(-c2nc(C(C)(C)O)c(N)nc2-c2ccccc2)ccc1=O. The summed E-state index contributed by atoms with van der Waals surface area (Å²) >= 11 is 0. The van der Waals surface area contributed by atoms with Gasteiger partial charge in [0.15, 0.2) is 0 Å². The number of aliphatic hydroxyl groups is 1. The van der Waals surface area contributed by atoms with Crippen LogP contribution >= 0.6 is 0 Å². The largest absolute Gasteiger partial charge is 0.384 e. The first-order chi connectivity index (χ1) is 12.7. The average molecular weight is 364 g/mol. The Bertz CT molecular complexity index is 1020. The summed E-state index contributed by atoms with van der Waals surface area (Å²) in [6.45, 7) is 7.13. The van der Waals surface area contributed by atoms with Gasteiger partial charge in [0, 0.05) is 29.4 Å². The Morgan fingerprint density at radius 3 is 2.22 bits per heavy atom. The normalized spacial score (nSPS) is 11.8. The van der Waals surface area contributed by atoms with E-state index in [9.17, 15) is 9.90 Å². The predicted octanol–water partition coefficient (Wildman–Crippen LogP) is 3.36. The highest BCUT2D eigenvalue weighted by molar-refractivity contribution is 5.79. The Balaban J connectivity index is 2.33. The molecule has 0 fully saturated rings. The highest BCUT2D eigenvalue weighted by atomic mass is 16.3. The fraction of sp³-hybridized carbons (Fsp3) is 0.286. The number of pyridine rings is 1. The van der Waals surface area contributed by atoms with Crippen LogP contribution in [0.25, 0.3) is 22.5 Å². The maximum Gasteiger partial charge on any atom is 0.250 e. The summed E-state index contributed by atoms with van der Waals surface area (Å²) in [7, 11) is 0. The number of benzene rings is 1. The molecule has 2 aromatic heterocycles. The number of hydrogen-bond donors (Lipinski definition) is 2. The molecule has 0 spiro atoms. The minimum Gasteiger partial charge on any atom is -0.384 e. The molecule has 3 rings (SSSR count). The number of hydrogen-bond acceptors (Lipinski definition) is 5. The maximum atomic E-state index is 12.1. The van der Waals surface area contributed by atoms with Crippen LogP contribution in [0.15, 0.2) is 53.5 Å². The lowest BCUT2D eigenvalue weighted by Gasteiger charge is -2.21. The number of nitrogen functional groups attached to an aromatic ring is 1. The predicted molar refractivity (Wildman–Crippen MR) is 107 cm³/mol. The first-order valence-electron chi connectivity index (χ1n) is 8.87. The molecule has 3 N–H and O–H groups in total. The van der Waals surface area contributed by atoms with Crippen LogP contribution in [-0.4, -0.2) is 19.6 Å². The molecule has 0 aliphatic rings. The van der Waals surface area contributed by atoms with Gasteiger partial charge < -0.3 is 15.4 Å². The smallest absolute Gasteiger partial charge is 0.250 e. The van der Waals surface area contributed by atoms with Crippen molar-refractivity contribution in [2.75, 3.05) is 5.73 Å². The summed E-state index contributed by atoms with van der Waals surface area (Å²) in [5, 5.41) is 10.5. The Morgan fingerprint density at radius 1 is 1.00 bits per heavy atom. The lowest BCUT2D eigenvalue weighted by atomic mass is 10.0. The zero-order valence-electron chi connectivity index (χ0n) is 16.0. The van der Waals surface area contributed by atoms with Gasteiger partial charge in [-0.05, 0) is 33.8 Å². The molecular formula is C21H24N4O2. The second-order valence-electron chi connectivity index (χ2n) is 7.34. The van der Waals surface area contributed by atoms with E-state index in [2.05, 4.69) is 9.97 Å². The van der Waals surface area contributed by atoms with E-state index in [0.717, 1.165) is 11.1 Å². The molecule has 2 heterocycles. The van der Waals surface area contributed by atoms with Crippen molar-refractivity contribution >= 4 is 5.82 Å². The van der Waals surface area contributed by atoms with E-state index in [-0.39, 0.29) is 17.4 Å². The molecule has 0 aliphatic carbocycles. The fourth-order valence-corrected chi connectivity index (χ4v) is 2.94. The van der Waals surface area contributed by atoms with Crippen molar-refractivity contribution in [1.82, 2.24) is 14.5 Å². The molecular weight excluding hydrogens is 340 g/mol. The van der Waals surface area contributed by atoms with E-state index >= 15 is 0 Å². The first kappa shape index (κ1) is 18.8. The maximum absolute atomic E-state index is 12.1. The lowest BCUT2D eigenvalue weighted by Crippen LogP contribution is -2.22. The molecule has 0 amide bonds. The molecule has 27 heavy (non-hydrogen) atoms. The first-order valence-corrected chi connectivity index (χ1v) is 8.87. The van der Waals surface area contributed by atoms with Crippen LogP contribution in [0.5, 0.6) is 0 Å². The van der Waals surface area contributed by atoms with Gasteiger partial charge in [-0.1, -0.05) is 30.3 Å². The molecule has 0 bridgehead atoms. The zero-order chi connectivity index (χ0) is 19.8. The topological polar surface area (TPSA) is 94.0 Å². The number of aromatic nitrogens is 3. The van der Waals surface area contributed by atoms with E-state index in [1.165, 1.54) is 6.07 Å². The number of nitrogens with two attached hydrogens (primary N) is 1. The third kappa shape index (κ3) is 3.75. The molecule has 3 aromatic rings. The second-order valence-corrected chi connectivity index (χ2v) is 7.34. The minimum atomic E-state index is -1.24. The zero-order valence-corrected chi connectivity index (χ0v) is 16.0.